The number of benzene rings is 1. The minimum Gasteiger partial charge on any atom is -0.297 e. The Labute approximate surface area is 130 Å². The van der Waals surface area contributed by atoms with Gasteiger partial charge in [-0.25, -0.2) is 0 Å². The Morgan fingerprint density at radius 3 is 2.65 bits per heavy atom. The zero-order valence-electron chi connectivity index (χ0n) is 11.9. The average molecular weight is 309 g/mol. The summed E-state index contributed by atoms with van der Waals surface area (Å²) in [5.74, 6) is 1.04. The van der Waals surface area contributed by atoms with Crippen LogP contribution in [0, 0.1) is 11.3 Å². The summed E-state index contributed by atoms with van der Waals surface area (Å²) in [5, 5.41) is 13.8. The maximum absolute atomic E-state index is 9.47. The fraction of sp³-hybridized carbons (Fsp3) is 0.562. The Kier molecular flexibility index (Phi) is 5.77. The smallest absolute Gasteiger partial charge is 0.106 e. The highest BCUT2D eigenvalue weighted by atomic mass is 35.5. The fourth-order valence-corrected chi connectivity index (χ4v) is 3.21. The molecule has 0 saturated heterocycles. The molecular formula is C16H21ClN2S. The first-order valence-electron chi connectivity index (χ1n) is 7.25. The van der Waals surface area contributed by atoms with E-state index >= 15 is 0 Å². The fourth-order valence-electron chi connectivity index (χ4n) is 2.23. The molecule has 0 spiro atoms. The molecule has 4 heteroatoms. The zero-order chi connectivity index (χ0) is 14.4. The summed E-state index contributed by atoms with van der Waals surface area (Å²) in [7, 11) is 0. The van der Waals surface area contributed by atoms with E-state index in [-0.39, 0.29) is 5.54 Å². The van der Waals surface area contributed by atoms with Gasteiger partial charge in [0.05, 0.1) is 6.07 Å². The van der Waals surface area contributed by atoms with Gasteiger partial charge in [0.25, 0.3) is 0 Å². The van der Waals surface area contributed by atoms with Gasteiger partial charge in [-0.1, -0.05) is 18.5 Å². The lowest BCUT2D eigenvalue weighted by Crippen LogP contribution is -2.44. The third-order valence-electron chi connectivity index (χ3n) is 3.71. The van der Waals surface area contributed by atoms with Crippen LogP contribution in [0.3, 0.4) is 0 Å². The van der Waals surface area contributed by atoms with Crippen molar-refractivity contribution in [2.75, 3.05) is 5.75 Å². The van der Waals surface area contributed by atoms with Crippen LogP contribution in [-0.4, -0.2) is 17.3 Å². The summed E-state index contributed by atoms with van der Waals surface area (Å²) in [4.78, 5) is 1.24. The van der Waals surface area contributed by atoms with E-state index in [1.165, 1.54) is 17.7 Å². The van der Waals surface area contributed by atoms with Gasteiger partial charge in [-0.15, -0.1) is 11.8 Å². The molecule has 0 aromatic heterocycles. The zero-order valence-corrected chi connectivity index (χ0v) is 13.4. The van der Waals surface area contributed by atoms with Crippen LogP contribution in [0.1, 0.15) is 39.0 Å². The average Bonchev–Trinajstić information content (AvgIpc) is 3.28. The van der Waals surface area contributed by atoms with E-state index in [2.05, 4.69) is 18.3 Å². The third-order valence-corrected chi connectivity index (χ3v) is 5.06. The van der Waals surface area contributed by atoms with Crippen molar-refractivity contribution in [2.45, 2.75) is 55.5 Å². The summed E-state index contributed by atoms with van der Waals surface area (Å²) < 4.78 is 0. The van der Waals surface area contributed by atoms with Gasteiger partial charge in [0, 0.05) is 16.0 Å². The predicted octanol–water partition coefficient (Wildman–Crippen LogP) is 4.64. The minimum absolute atomic E-state index is 0.318. The van der Waals surface area contributed by atoms with Gasteiger partial charge < -0.3 is 0 Å². The first-order valence-corrected chi connectivity index (χ1v) is 8.61. The molecule has 0 bridgehead atoms. The molecule has 0 heterocycles. The summed E-state index contributed by atoms with van der Waals surface area (Å²) in [5.41, 5.74) is -0.318. The summed E-state index contributed by atoms with van der Waals surface area (Å²) in [6.07, 6.45) is 5.31. The SMILES string of the molecule is CCC(C#N)(CCCSc1ccc(Cl)cc1)NC1CC1. The van der Waals surface area contributed by atoms with Crippen LogP contribution >= 0.6 is 23.4 Å². The monoisotopic (exact) mass is 308 g/mol. The van der Waals surface area contributed by atoms with Crippen molar-refractivity contribution in [1.29, 1.82) is 5.26 Å². The van der Waals surface area contributed by atoms with E-state index in [1.807, 2.05) is 36.0 Å². The van der Waals surface area contributed by atoms with Gasteiger partial charge in [-0.2, -0.15) is 5.26 Å². The number of halogens is 1. The first kappa shape index (κ1) is 15.7. The van der Waals surface area contributed by atoms with Gasteiger partial charge in [0.1, 0.15) is 5.54 Å². The van der Waals surface area contributed by atoms with Crippen molar-refractivity contribution in [3.8, 4) is 6.07 Å². The van der Waals surface area contributed by atoms with Crippen LogP contribution in [0.5, 0.6) is 0 Å². The van der Waals surface area contributed by atoms with Crippen molar-refractivity contribution in [3.05, 3.63) is 29.3 Å². The van der Waals surface area contributed by atoms with E-state index in [0.29, 0.717) is 6.04 Å². The van der Waals surface area contributed by atoms with E-state index in [9.17, 15) is 5.26 Å². The van der Waals surface area contributed by atoms with Crippen LogP contribution in [0.25, 0.3) is 0 Å². The number of hydrogen-bond acceptors (Lipinski definition) is 3. The Morgan fingerprint density at radius 1 is 1.40 bits per heavy atom. The van der Waals surface area contributed by atoms with Crippen molar-refractivity contribution in [2.24, 2.45) is 0 Å². The van der Waals surface area contributed by atoms with Crippen molar-refractivity contribution >= 4 is 23.4 Å². The molecule has 108 valence electrons. The molecule has 2 nitrogen and oxygen atoms in total. The summed E-state index contributed by atoms with van der Waals surface area (Å²) >= 11 is 7.70. The highest BCUT2D eigenvalue weighted by Crippen LogP contribution is 2.28. The molecule has 0 radical (unpaired) electrons. The molecular weight excluding hydrogens is 288 g/mol. The number of nitrogens with one attached hydrogen (secondary N) is 1. The van der Waals surface area contributed by atoms with Crippen LogP contribution in [0.4, 0.5) is 0 Å². The number of nitrogens with zero attached hydrogens (tertiary/aromatic N) is 1. The second-order valence-electron chi connectivity index (χ2n) is 5.37. The quantitative estimate of drug-likeness (QED) is 0.561. The third kappa shape index (κ3) is 4.70. The molecule has 1 aliphatic rings. The van der Waals surface area contributed by atoms with Crippen molar-refractivity contribution in [3.63, 3.8) is 0 Å². The topological polar surface area (TPSA) is 35.8 Å². The molecule has 1 aromatic carbocycles. The highest BCUT2D eigenvalue weighted by molar-refractivity contribution is 7.99. The lowest BCUT2D eigenvalue weighted by molar-refractivity contribution is 0.367. The van der Waals surface area contributed by atoms with Gasteiger partial charge in [-0.3, -0.25) is 5.32 Å². The lowest BCUT2D eigenvalue weighted by Gasteiger charge is -2.26. The van der Waals surface area contributed by atoms with Crippen molar-refractivity contribution < 1.29 is 0 Å². The number of hydrogen-bond donors (Lipinski definition) is 1. The largest absolute Gasteiger partial charge is 0.297 e. The molecule has 1 N–H and O–H groups in total. The second-order valence-corrected chi connectivity index (χ2v) is 6.98. The standard InChI is InChI=1S/C16H21ClN2S/c1-2-16(12-18,19-14-6-7-14)10-3-11-20-15-8-4-13(17)5-9-15/h4-5,8-9,14,19H,2-3,6-7,10-11H2,1H3. The number of thioether (sulfide) groups is 1. The molecule has 1 aromatic rings. The molecule has 1 aliphatic carbocycles. The predicted molar refractivity (Wildman–Crippen MR) is 86.2 cm³/mol. The van der Waals surface area contributed by atoms with Crippen LogP contribution in [0.2, 0.25) is 5.02 Å². The Hall–Kier alpha value is -0.690. The lowest BCUT2D eigenvalue weighted by atomic mass is 9.92. The minimum atomic E-state index is -0.318. The van der Waals surface area contributed by atoms with Gasteiger partial charge >= 0.3 is 0 Å². The maximum atomic E-state index is 9.47. The summed E-state index contributed by atoms with van der Waals surface area (Å²) in [6, 6.07) is 11.0. The Bertz CT molecular complexity index is 464. The molecule has 20 heavy (non-hydrogen) atoms. The molecule has 2 rings (SSSR count). The van der Waals surface area contributed by atoms with Crippen LogP contribution in [-0.2, 0) is 0 Å². The Balaban J connectivity index is 1.75. The van der Waals surface area contributed by atoms with Crippen LogP contribution in [0.15, 0.2) is 29.2 Å². The van der Waals surface area contributed by atoms with E-state index in [1.54, 1.807) is 0 Å². The second kappa shape index (κ2) is 7.36. The van der Waals surface area contributed by atoms with Gasteiger partial charge in [0.2, 0.25) is 0 Å². The molecule has 1 saturated carbocycles. The molecule has 1 atom stereocenters. The first-order chi connectivity index (χ1) is 9.67. The summed E-state index contributed by atoms with van der Waals surface area (Å²) in [6.45, 7) is 2.10. The van der Waals surface area contributed by atoms with E-state index in [0.717, 1.165) is 30.0 Å². The maximum Gasteiger partial charge on any atom is 0.106 e. The number of nitriles is 1. The molecule has 1 fully saturated rings. The molecule has 0 aliphatic heterocycles. The van der Waals surface area contributed by atoms with Gasteiger partial charge in [0.15, 0.2) is 0 Å². The van der Waals surface area contributed by atoms with Gasteiger partial charge in [-0.05, 0) is 62.1 Å². The van der Waals surface area contributed by atoms with Crippen LogP contribution < -0.4 is 5.32 Å². The normalized spacial score (nSPS) is 17.4. The highest BCUT2D eigenvalue weighted by Gasteiger charge is 2.34. The number of rotatable bonds is 8. The molecule has 1 unspecified atom stereocenters. The van der Waals surface area contributed by atoms with E-state index < -0.39 is 0 Å². The van der Waals surface area contributed by atoms with E-state index in [4.69, 9.17) is 11.6 Å². The van der Waals surface area contributed by atoms with Crippen molar-refractivity contribution in [1.82, 2.24) is 5.32 Å². The molecule has 0 amide bonds. The Morgan fingerprint density at radius 2 is 2.10 bits per heavy atom.